The van der Waals surface area contributed by atoms with E-state index < -0.39 is 50.7 Å². The van der Waals surface area contributed by atoms with Gasteiger partial charge >= 0.3 is 0 Å². The van der Waals surface area contributed by atoms with Crippen LogP contribution in [0.3, 0.4) is 0 Å². The summed E-state index contributed by atoms with van der Waals surface area (Å²) in [7, 11) is -1.88. The summed E-state index contributed by atoms with van der Waals surface area (Å²) in [5.74, 6) is -2.47. The van der Waals surface area contributed by atoms with Crippen molar-refractivity contribution in [3.8, 4) is 5.75 Å². The molecule has 2 N–H and O–H groups in total. The summed E-state index contributed by atoms with van der Waals surface area (Å²) in [6, 6.07) is 1.73. The highest BCUT2D eigenvalue weighted by Crippen LogP contribution is 2.38. The van der Waals surface area contributed by atoms with Crippen molar-refractivity contribution >= 4 is 22.2 Å². The Bertz CT molecular complexity index is 1110. The van der Waals surface area contributed by atoms with E-state index in [0.717, 1.165) is 24.7 Å². The quantitative estimate of drug-likeness (QED) is 0.429. The van der Waals surface area contributed by atoms with Gasteiger partial charge in [0.05, 0.1) is 30.5 Å². The van der Waals surface area contributed by atoms with E-state index in [-0.39, 0.29) is 37.3 Å². The molecule has 0 aromatic heterocycles. The lowest BCUT2D eigenvalue weighted by Gasteiger charge is -2.38. The van der Waals surface area contributed by atoms with Crippen molar-refractivity contribution < 1.29 is 31.5 Å². The van der Waals surface area contributed by atoms with Gasteiger partial charge in [-0.15, -0.1) is 0 Å². The summed E-state index contributed by atoms with van der Waals surface area (Å²) < 4.78 is 59.3. The van der Waals surface area contributed by atoms with Gasteiger partial charge in [0, 0.05) is 37.7 Å². The first kappa shape index (κ1) is 29.4. The van der Waals surface area contributed by atoms with Gasteiger partial charge in [-0.3, -0.25) is 4.79 Å². The average Bonchev–Trinajstić information content (AvgIpc) is 3.39. The SMILES string of the molecule is CN[C@@](C)(C=O)CN[C@H](C(=O)N1CC[C@@H]2[C@H]1[C@@H](COc1ccc(F)c(F)c1)CN2S(C)(=O)=O)C(C)(C)C. The summed E-state index contributed by atoms with van der Waals surface area (Å²) >= 11 is 0. The lowest BCUT2D eigenvalue weighted by Crippen LogP contribution is -2.60. The van der Waals surface area contributed by atoms with Gasteiger partial charge < -0.3 is 25.1 Å². The monoisotopic (exact) mass is 544 g/mol. The number of nitrogens with zero attached hydrogens (tertiary/aromatic N) is 2. The van der Waals surface area contributed by atoms with Gasteiger partial charge in [-0.05, 0) is 37.9 Å². The van der Waals surface area contributed by atoms with Crippen LogP contribution in [0.1, 0.15) is 34.1 Å². The standard InChI is InChI=1S/C25H38F2N4O5S/c1-24(2,3)22(29-14-25(4,15-32)28-5)23(33)30-10-9-20-21(30)16(12-31(20)37(6,34)35)13-36-17-7-8-18(26)19(27)11-17/h7-8,11,15-16,20-22,28-29H,9-10,12-14H2,1-6H3/t16-,20-,21-,22-,25-/m1/s1. The number of hydrogen-bond acceptors (Lipinski definition) is 7. The minimum atomic E-state index is -3.55. The number of benzene rings is 1. The molecular weight excluding hydrogens is 506 g/mol. The van der Waals surface area contributed by atoms with Crippen molar-refractivity contribution in [2.24, 2.45) is 11.3 Å². The van der Waals surface area contributed by atoms with E-state index >= 15 is 0 Å². The van der Waals surface area contributed by atoms with E-state index in [1.165, 1.54) is 10.4 Å². The van der Waals surface area contributed by atoms with Crippen molar-refractivity contribution in [2.75, 3.05) is 39.5 Å². The third-order valence-electron chi connectivity index (χ3n) is 7.37. The van der Waals surface area contributed by atoms with Crippen LogP contribution in [0.2, 0.25) is 0 Å². The highest BCUT2D eigenvalue weighted by atomic mass is 32.2. The first-order valence-corrected chi connectivity index (χ1v) is 14.2. The number of likely N-dealkylation sites (tertiary alicyclic amines) is 1. The van der Waals surface area contributed by atoms with Gasteiger partial charge in [0.25, 0.3) is 0 Å². The van der Waals surface area contributed by atoms with Crippen molar-refractivity contribution in [3.63, 3.8) is 0 Å². The van der Waals surface area contributed by atoms with E-state index in [1.807, 2.05) is 20.8 Å². The third-order valence-corrected chi connectivity index (χ3v) is 8.64. The van der Waals surface area contributed by atoms with Crippen LogP contribution in [0.15, 0.2) is 18.2 Å². The molecule has 5 atom stereocenters. The molecule has 2 fully saturated rings. The van der Waals surface area contributed by atoms with E-state index in [1.54, 1.807) is 18.9 Å². The third kappa shape index (κ3) is 6.47. The maximum atomic E-state index is 13.9. The number of carbonyl (C=O) groups is 2. The van der Waals surface area contributed by atoms with Crippen molar-refractivity contribution in [2.45, 2.75) is 57.8 Å². The fraction of sp³-hybridized carbons (Fsp3) is 0.680. The van der Waals surface area contributed by atoms with Gasteiger partial charge in [0.1, 0.15) is 12.0 Å². The molecule has 1 amide bonds. The Kier molecular flexibility index (Phi) is 8.67. The van der Waals surface area contributed by atoms with E-state index in [0.29, 0.717) is 13.0 Å². The second-order valence-electron chi connectivity index (χ2n) is 11.3. The van der Waals surface area contributed by atoms with Gasteiger partial charge in [-0.2, -0.15) is 4.31 Å². The maximum Gasteiger partial charge on any atom is 0.240 e. The number of amides is 1. The molecule has 2 aliphatic heterocycles. The number of nitrogens with one attached hydrogen (secondary N) is 2. The second kappa shape index (κ2) is 10.9. The summed E-state index contributed by atoms with van der Waals surface area (Å²) in [6.07, 6.45) is 2.41. The van der Waals surface area contributed by atoms with Crippen LogP contribution in [0.25, 0.3) is 0 Å². The number of fused-ring (bicyclic) bond motifs is 1. The first-order valence-electron chi connectivity index (χ1n) is 12.3. The van der Waals surface area contributed by atoms with E-state index in [4.69, 9.17) is 4.74 Å². The lowest BCUT2D eigenvalue weighted by atomic mass is 9.84. The molecule has 0 radical (unpaired) electrons. The highest BCUT2D eigenvalue weighted by Gasteiger charge is 2.54. The number of sulfonamides is 1. The molecule has 1 aromatic rings. The molecule has 2 heterocycles. The van der Waals surface area contributed by atoms with Crippen molar-refractivity contribution in [1.29, 1.82) is 0 Å². The lowest BCUT2D eigenvalue weighted by molar-refractivity contribution is -0.138. The topological polar surface area (TPSA) is 108 Å². The molecule has 0 unspecified atom stereocenters. The van der Waals surface area contributed by atoms with Gasteiger partial charge in [0.15, 0.2) is 11.6 Å². The van der Waals surface area contributed by atoms with Crippen LogP contribution in [0.4, 0.5) is 8.78 Å². The fourth-order valence-electron chi connectivity index (χ4n) is 5.15. The normalized spacial score (nSPS) is 25.0. The highest BCUT2D eigenvalue weighted by molar-refractivity contribution is 7.88. The number of rotatable bonds is 10. The number of halogens is 2. The molecule has 1 aromatic carbocycles. The molecule has 208 valence electrons. The Morgan fingerprint density at radius 1 is 1.24 bits per heavy atom. The van der Waals surface area contributed by atoms with Crippen LogP contribution in [-0.4, -0.2) is 93.0 Å². The molecule has 3 rings (SSSR count). The van der Waals surface area contributed by atoms with Gasteiger partial charge in [-0.1, -0.05) is 20.8 Å². The molecule has 2 saturated heterocycles. The van der Waals surface area contributed by atoms with Crippen LogP contribution in [-0.2, 0) is 19.6 Å². The number of likely N-dealkylation sites (N-methyl/N-ethyl adjacent to an activating group) is 1. The summed E-state index contributed by atoms with van der Waals surface area (Å²) in [5, 5.41) is 6.21. The minimum Gasteiger partial charge on any atom is -0.493 e. The largest absolute Gasteiger partial charge is 0.493 e. The van der Waals surface area contributed by atoms with Gasteiger partial charge in [0.2, 0.25) is 15.9 Å². The summed E-state index contributed by atoms with van der Waals surface area (Å²) in [5.41, 5.74) is -1.36. The van der Waals surface area contributed by atoms with E-state index in [2.05, 4.69) is 10.6 Å². The summed E-state index contributed by atoms with van der Waals surface area (Å²) in [6.45, 7) is 8.28. The Morgan fingerprint density at radius 2 is 1.92 bits per heavy atom. The zero-order valence-corrected chi connectivity index (χ0v) is 23.1. The molecular formula is C25H38F2N4O5S. The number of carbonyl (C=O) groups excluding carboxylic acids is 2. The minimum absolute atomic E-state index is 0.0264. The number of hydrogen-bond donors (Lipinski definition) is 2. The molecule has 9 nitrogen and oxygen atoms in total. The molecule has 2 aliphatic rings. The predicted molar refractivity (Wildman–Crippen MR) is 136 cm³/mol. The number of aldehydes is 1. The molecule has 0 saturated carbocycles. The van der Waals surface area contributed by atoms with Crippen LogP contribution >= 0.6 is 0 Å². The Hall–Kier alpha value is -2.15. The summed E-state index contributed by atoms with van der Waals surface area (Å²) in [4.78, 5) is 27.2. The maximum absolute atomic E-state index is 13.9. The Labute approximate surface area is 218 Å². The zero-order chi connectivity index (χ0) is 27.8. The van der Waals surface area contributed by atoms with Crippen LogP contribution < -0.4 is 15.4 Å². The second-order valence-corrected chi connectivity index (χ2v) is 13.3. The Balaban J connectivity index is 1.86. The van der Waals surface area contributed by atoms with E-state index in [9.17, 15) is 26.8 Å². The van der Waals surface area contributed by atoms with Crippen LogP contribution in [0.5, 0.6) is 5.75 Å². The zero-order valence-electron chi connectivity index (χ0n) is 22.3. The van der Waals surface area contributed by atoms with Crippen LogP contribution in [0, 0.1) is 23.0 Å². The smallest absolute Gasteiger partial charge is 0.240 e. The number of ether oxygens (including phenoxy) is 1. The Morgan fingerprint density at radius 3 is 2.46 bits per heavy atom. The van der Waals surface area contributed by atoms with Crippen molar-refractivity contribution in [1.82, 2.24) is 19.8 Å². The molecule has 0 bridgehead atoms. The van der Waals surface area contributed by atoms with Gasteiger partial charge in [-0.25, -0.2) is 17.2 Å². The first-order chi connectivity index (χ1) is 17.1. The molecule has 37 heavy (non-hydrogen) atoms. The average molecular weight is 545 g/mol. The van der Waals surface area contributed by atoms with Crippen molar-refractivity contribution in [3.05, 3.63) is 29.8 Å². The fourth-order valence-corrected chi connectivity index (χ4v) is 6.33. The molecule has 12 heteroatoms. The molecule has 0 aliphatic carbocycles. The predicted octanol–water partition coefficient (Wildman–Crippen LogP) is 1.39. The molecule has 0 spiro atoms.